The first-order valence-corrected chi connectivity index (χ1v) is 25.9. The highest BCUT2D eigenvalue weighted by Gasteiger charge is 2.18. The molecule has 17 nitrogen and oxygen atoms in total. The Bertz CT molecular complexity index is 3470. The molecule has 0 fully saturated rings. The highest BCUT2D eigenvalue weighted by atomic mass is 16.6. The van der Waals surface area contributed by atoms with Gasteiger partial charge in [-0.2, -0.15) is 0 Å². The summed E-state index contributed by atoms with van der Waals surface area (Å²) in [6.07, 6.45) is -0.253. The molecule has 0 aliphatic carbocycles. The number of benzene rings is 8. The van der Waals surface area contributed by atoms with Gasteiger partial charge in [0.05, 0.1) is 49.6 Å². The third kappa shape index (κ3) is 19.2. The lowest BCUT2D eigenvalue weighted by molar-refractivity contribution is -0.116. The first-order chi connectivity index (χ1) is 39.5. The minimum absolute atomic E-state index is 0.123. The molecule has 0 unspecified atom stereocenters. The third-order valence-electron chi connectivity index (χ3n) is 11.5. The molecule has 0 spiro atoms. The standard InChI is InChI=1S/C34H34N2O7.C31H28N2O6/c1-34(2,3)43-33(39)35-25-9-7-8-24(20-25)22-41-26-16-18-28(19-17-26)42-27-14-12-23(13-15-27)21-31(37)36-30-11-6-5-10-29(30)32(38)40-4;1-21(34)32-24-7-5-6-23(18-24)20-38-25-14-16-27(17-15-25)39-26-12-10-22(11-13-26)19-30(35)33-29-9-4-3-8-28(29)31(36)37-2/h5-20H,21-22H2,1-4H3,(H,35,39)(H,36,37);3-18H,19-20H2,1-2H3,(H,32,34)(H,33,35). The average Bonchev–Trinajstić information content (AvgIpc) is 3.55. The maximum absolute atomic E-state index is 12.6. The van der Waals surface area contributed by atoms with E-state index < -0.39 is 23.6 Å². The molecule has 0 saturated carbocycles. The quantitative estimate of drug-likeness (QED) is 0.0413. The molecule has 420 valence electrons. The Morgan fingerprint density at radius 1 is 0.402 bits per heavy atom. The Labute approximate surface area is 475 Å². The molecule has 0 atom stereocenters. The largest absolute Gasteiger partial charge is 0.489 e. The van der Waals surface area contributed by atoms with Gasteiger partial charge in [-0.15, -0.1) is 0 Å². The van der Waals surface area contributed by atoms with Crippen LogP contribution in [0.1, 0.15) is 70.7 Å². The summed E-state index contributed by atoms with van der Waals surface area (Å²) in [5, 5.41) is 11.0. The SMILES string of the molecule is COC(=O)c1ccccc1NC(=O)Cc1ccc(Oc2ccc(OCc3cccc(NC(=O)OC(C)(C)C)c3)cc2)cc1.COC(=O)c1ccccc1NC(=O)Cc1ccc(Oc2ccc(OCc3cccc(NC(C)=O)c3)cc2)cc1. The van der Waals surface area contributed by atoms with Crippen molar-refractivity contribution in [3.8, 4) is 34.5 Å². The summed E-state index contributed by atoms with van der Waals surface area (Å²) in [7, 11) is 2.59. The Hall–Kier alpha value is -10.4. The number of hydrogen-bond donors (Lipinski definition) is 4. The van der Waals surface area contributed by atoms with Crippen LogP contribution in [-0.2, 0) is 54.6 Å². The van der Waals surface area contributed by atoms with E-state index in [2.05, 4.69) is 21.3 Å². The van der Waals surface area contributed by atoms with Gasteiger partial charge in [-0.05, 0) is 164 Å². The van der Waals surface area contributed by atoms with E-state index in [0.717, 1.165) is 27.9 Å². The maximum Gasteiger partial charge on any atom is 0.412 e. The minimum Gasteiger partial charge on any atom is -0.489 e. The van der Waals surface area contributed by atoms with Crippen molar-refractivity contribution in [2.45, 2.75) is 59.4 Å². The second-order valence-corrected chi connectivity index (χ2v) is 19.2. The molecule has 4 amide bonds. The van der Waals surface area contributed by atoms with Gasteiger partial charge in [-0.3, -0.25) is 19.7 Å². The molecule has 0 radical (unpaired) electrons. The molecule has 0 bridgehead atoms. The summed E-state index contributed by atoms with van der Waals surface area (Å²) in [5.74, 6) is 2.18. The van der Waals surface area contributed by atoms with E-state index in [1.807, 2.05) is 124 Å². The molecular weight excluding hydrogens is 1040 g/mol. The van der Waals surface area contributed by atoms with Gasteiger partial charge in [0.1, 0.15) is 53.3 Å². The van der Waals surface area contributed by atoms with E-state index in [4.69, 9.17) is 33.2 Å². The van der Waals surface area contributed by atoms with Crippen molar-refractivity contribution in [3.63, 3.8) is 0 Å². The molecule has 0 aromatic heterocycles. The van der Waals surface area contributed by atoms with Crippen molar-refractivity contribution in [1.29, 1.82) is 0 Å². The van der Waals surface area contributed by atoms with Gasteiger partial charge >= 0.3 is 18.0 Å². The van der Waals surface area contributed by atoms with Gasteiger partial charge in [0.25, 0.3) is 0 Å². The van der Waals surface area contributed by atoms with Crippen LogP contribution in [0.2, 0.25) is 0 Å². The van der Waals surface area contributed by atoms with Gasteiger partial charge in [0.15, 0.2) is 0 Å². The highest BCUT2D eigenvalue weighted by molar-refractivity contribution is 6.02. The number of nitrogens with one attached hydrogen (secondary N) is 4. The summed E-state index contributed by atoms with van der Waals surface area (Å²) in [4.78, 5) is 72.2. The number of anilines is 4. The van der Waals surface area contributed by atoms with Crippen molar-refractivity contribution in [2.24, 2.45) is 0 Å². The molecular formula is C65H62N4O13. The van der Waals surface area contributed by atoms with E-state index in [1.54, 1.807) is 91.0 Å². The number of carbonyl (C=O) groups is 6. The number of methoxy groups -OCH3 is 2. The smallest absolute Gasteiger partial charge is 0.412 e. The molecule has 17 heteroatoms. The Morgan fingerprint density at radius 2 is 0.768 bits per heavy atom. The number of amides is 4. The molecule has 82 heavy (non-hydrogen) atoms. The van der Waals surface area contributed by atoms with Crippen LogP contribution in [0.3, 0.4) is 0 Å². The second kappa shape index (κ2) is 29.0. The lowest BCUT2D eigenvalue weighted by atomic mass is 10.1. The average molecular weight is 1110 g/mol. The van der Waals surface area contributed by atoms with Crippen molar-refractivity contribution in [1.82, 2.24) is 0 Å². The third-order valence-corrected chi connectivity index (χ3v) is 11.5. The van der Waals surface area contributed by atoms with E-state index in [0.29, 0.717) is 75.9 Å². The lowest BCUT2D eigenvalue weighted by Crippen LogP contribution is -2.27. The minimum atomic E-state index is -0.579. The van der Waals surface area contributed by atoms with E-state index in [-0.39, 0.29) is 30.6 Å². The Kier molecular flexibility index (Phi) is 20.9. The van der Waals surface area contributed by atoms with Crippen LogP contribution in [0, 0.1) is 0 Å². The first-order valence-electron chi connectivity index (χ1n) is 25.9. The van der Waals surface area contributed by atoms with Crippen LogP contribution >= 0.6 is 0 Å². The van der Waals surface area contributed by atoms with Crippen molar-refractivity contribution >= 4 is 58.5 Å². The predicted molar refractivity (Wildman–Crippen MR) is 312 cm³/mol. The number of para-hydroxylation sites is 2. The molecule has 8 aromatic rings. The van der Waals surface area contributed by atoms with Crippen LogP contribution in [0.4, 0.5) is 27.5 Å². The molecule has 0 aliphatic rings. The fourth-order valence-corrected chi connectivity index (χ4v) is 7.79. The molecule has 8 aromatic carbocycles. The number of esters is 2. The lowest BCUT2D eigenvalue weighted by Gasteiger charge is -2.19. The van der Waals surface area contributed by atoms with E-state index >= 15 is 0 Å². The summed E-state index contributed by atoms with van der Waals surface area (Å²) >= 11 is 0. The summed E-state index contributed by atoms with van der Waals surface area (Å²) < 4.78 is 38.4. The van der Waals surface area contributed by atoms with Crippen molar-refractivity contribution in [2.75, 3.05) is 35.5 Å². The van der Waals surface area contributed by atoms with Gasteiger partial charge in [0, 0.05) is 18.3 Å². The summed E-state index contributed by atoms with van der Waals surface area (Å²) in [6.45, 7) is 7.57. The zero-order valence-corrected chi connectivity index (χ0v) is 46.1. The van der Waals surface area contributed by atoms with Crippen molar-refractivity contribution < 1.29 is 61.9 Å². The second-order valence-electron chi connectivity index (χ2n) is 19.2. The van der Waals surface area contributed by atoms with Gasteiger partial charge in [-0.1, -0.05) is 72.8 Å². The van der Waals surface area contributed by atoms with Crippen LogP contribution < -0.4 is 40.2 Å². The fourth-order valence-electron chi connectivity index (χ4n) is 7.79. The molecule has 0 heterocycles. The van der Waals surface area contributed by atoms with Crippen LogP contribution in [-0.4, -0.2) is 55.6 Å². The topological polar surface area (TPSA) is 215 Å². The fraction of sp³-hybridized carbons (Fsp3) is 0.169. The van der Waals surface area contributed by atoms with Crippen LogP contribution in [0.15, 0.2) is 194 Å². The number of rotatable bonds is 20. The number of hydrogen-bond acceptors (Lipinski definition) is 13. The van der Waals surface area contributed by atoms with Gasteiger partial charge < -0.3 is 49.1 Å². The Morgan fingerprint density at radius 3 is 1.15 bits per heavy atom. The van der Waals surface area contributed by atoms with Crippen LogP contribution in [0.25, 0.3) is 0 Å². The van der Waals surface area contributed by atoms with E-state index in [1.165, 1.54) is 21.1 Å². The monoisotopic (exact) mass is 1110 g/mol. The molecule has 0 aliphatic heterocycles. The van der Waals surface area contributed by atoms with Crippen molar-refractivity contribution in [3.05, 3.63) is 228 Å². The number of carbonyl (C=O) groups excluding carboxylic acids is 6. The molecule has 4 N–H and O–H groups in total. The number of ether oxygens (including phenoxy) is 7. The van der Waals surface area contributed by atoms with Gasteiger partial charge in [-0.25, -0.2) is 14.4 Å². The molecule has 8 rings (SSSR count). The zero-order valence-electron chi connectivity index (χ0n) is 46.1. The summed E-state index contributed by atoms with van der Waals surface area (Å²) in [5.41, 5.74) is 5.55. The normalized spacial score (nSPS) is 10.6. The highest BCUT2D eigenvalue weighted by Crippen LogP contribution is 2.28. The maximum atomic E-state index is 12.6. The molecule has 0 saturated heterocycles. The Balaban J connectivity index is 0.000000237. The van der Waals surface area contributed by atoms with E-state index in [9.17, 15) is 28.8 Å². The zero-order chi connectivity index (χ0) is 58.4. The van der Waals surface area contributed by atoms with Gasteiger partial charge in [0.2, 0.25) is 17.7 Å². The first kappa shape index (κ1) is 59.2. The summed E-state index contributed by atoms with van der Waals surface area (Å²) in [6, 6.07) is 57.1. The van der Waals surface area contributed by atoms with Crippen LogP contribution in [0.5, 0.6) is 34.5 Å². The predicted octanol–water partition coefficient (Wildman–Crippen LogP) is 13.4.